The Bertz CT molecular complexity index is 678. The van der Waals surface area contributed by atoms with E-state index in [1.54, 1.807) is 0 Å². The minimum absolute atomic E-state index is 0.0242. The molecular formula is C19H21ClN2O. The first-order valence-electron chi connectivity index (χ1n) is 8.01. The quantitative estimate of drug-likeness (QED) is 0.900. The Morgan fingerprint density at radius 3 is 2.39 bits per heavy atom. The zero-order valence-corrected chi connectivity index (χ0v) is 14.0. The van der Waals surface area contributed by atoms with E-state index < -0.39 is 0 Å². The molecule has 1 heterocycles. The molecule has 3 nitrogen and oxygen atoms in total. The number of hydrogen-bond acceptors (Lipinski definition) is 2. The highest BCUT2D eigenvalue weighted by atomic mass is 35.5. The lowest BCUT2D eigenvalue weighted by Gasteiger charge is -2.27. The SMILES string of the molecule is Cc1ccc(NC(=O)C(c2ccccc2Cl)N2CCCC2)cc1. The Morgan fingerprint density at radius 2 is 1.74 bits per heavy atom. The molecule has 120 valence electrons. The van der Waals surface area contributed by atoms with Crippen LogP contribution in [0.2, 0.25) is 5.02 Å². The Balaban J connectivity index is 1.87. The minimum Gasteiger partial charge on any atom is -0.324 e. The lowest BCUT2D eigenvalue weighted by atomic mass is 10.0. The monoisotopic (exact) mass is 328 g/mol. The Hall–Kier alpha value is -1.84. The van der Waals surface area contributed by atoms with Crippen molar-refractivity contribution in [2.75, 3.05) is 18.4 Å². The van der Waals surface area contributed by atoms with Gasteiger partial charge in [0.1, 0.15) is 6.04 Å². The predicted octanol–water partition coefficient (Wildman–Crippen LogP) is 4.42. The number of nitrogens with one attached hydrogen (secondary N) is 1. The highest BCUT2D eigenvalue weighted by molar-refractivity contribution is 6.31. The molecule has 2 aromatic rings. The van der Waals surface area contributed by atoms with Gasteiger partial charge in [0.15, 0.2) is 0 Å². The third-order valence-corrected chi connectivity index (χ3v) is 4.62. The van der Waals surface area contributed by atoms with Crippen molar-refractivity contribution in [1.29, 1.82) is 0 Å². The molecule has 1 fully saturated rings. The topological polar surface area (TPSA) is 32.3 Å². The summed E-state index contributed by atoms with van der Waals surface area (Å²) in [6.07, 6.45) is 2.25. The first-order chi connectivity index (χ1) is 11.1. The van der Waals surface area contributed by atoms with Crippen LogP contribution in [0.4, 0.5) is 5.69 Å². The maximum absolute atomic E-state index is 12.9. The van der Waals surface area contributed by atoms with Crippen molar-refractivity contribution in [3.63, 3.8) is 0 Å². The Kier molecular flexibility index (Phi) is 4.99. The third-order valence-electron chi connectivity index (χ3n) is 4.27. The van der Waals surface area contributed by atoms with Crippen LogP contribution in [0.1, 0.15) is 30.0 Å². The van der Waals surface area contributed by atoms with Gasteiger partial charge in [-0.2, -0.15) is 0 Å². The fraction of sp³-hybridized carbons (Fsp3) is 0.316. The molecule has 0 bridgehead atoms. The van der Waals surface area contributed by atoms with E-state index in [0.717, 1.165) is 37.2 Å². The van der Waals surface area contributed by atoms with E-state index in [4.69, 9.17) is 11.6 Å². The largest absolute Gasteiger partial charge is 0.324 e. The first kappa shape index (κ1) is 16.0. The minimum atomic E-state index is -0.340. The van der Waals surface area contributed by atoms with Gasteiger partial charge in [0.05, 0.1) is 0 Å². The highest BCUT2D eigenvalue weighted by Crippen LogP contribution is 2.31. The van der Waals surface area contributed by atoms with Crippen LogP contribution in [0, 0.1) is 6.92 Å². The van der Waals surface area contributed by atoms with Crippen LogP contribution in [0.15, 0.2) is 48.5 Å². The van der Waals surface area contributed by atoms with Gasteiger partial charge in [-0.05, 0) is 56.6 Å². The van der Waals surface area contributed by atoms with Crippen molar-refractivity contribution in [1.82, 2.24) is 4.90 Å². The molecule has 1 N–H and O–H groups in total. The van der Waals surface area contributed by atoms with Gasteiger partial charge < -0.3 is 5.32 Å². The first-order valence-corrected chi connectivity index (χ1v) is 8.39. The molecule has 0 spiro atoms. The van der Waals surface area contributed by atoms with Crippen LogP contribution in [-0.2, 0) is 4.79 Å². The molecule has 4 heteroatoms. The van der Waals surface area contributed by atoms with E-state index in [0.29, 0.717) is 5.02 Å². The Morgan fingerprint density at radius 1 is 1.09 bits per heavy atom. The maximum atomic E-state index is 12.9. The van der Waals surface area contributed by atoms with Gasteiger partial charge in [-0.3, -0.25) is 9.69 Å². The second kappa shape index (κ2) is 7.16. The molecule has 0 aromatic heterocycles. The van der Waals surface area contributed by atoms with Crippen molar-refractivity contribution in [2.24, 2.45) is 0 Å². The van der Waals surface area contributed by atoms with E-state index in [-0.39, 0.29) is 11.9 Å². The van der Waals surface area contributed by atoms with Crippen molar-refractivity contribution in [2.45, 2.75) is 25.8 Å². The Labute approximate surface area is 142 Å². The average Bonchev–Trinajstić information content (AvgIpc) is 3.06. The molecular weight excluding hydrogens is 308 g/mol. The van der Waals surface area contributed by atoms with Crippen LogP contribution in [0.3, 0.4) is 0 Å². The summed E-state index contributed by atoms with van der Waals surface area (Å²) < 4.78 is 0. The number of carbonyl (C=O) groups excluding carboxylic acids is 1. The van der Waals surface area contributed by atoms with E-state index in [1.807, 2.05) is 55.5 Å². The molecule has 1 saturated heterocycles. The van der Waals surface area contributed by atoms with Gasteiger partial charge in [-0.15, -0.1) is 0 Å². The number of halogens is 1. The highest BCUT2D eigenvalue weighted by Gasteiger charge is 2.31. The smallest absolute Gasteiger partial charge is 0.246 e. The number of anilines is 1. The van der Waals surface area contributed by atoms with Crippen LogP contribution in [-0.4, -0.2) is 23.9 Å². The van der Waals surface area contributed by atoms with Crippen LogP contribution in [0.5, 0.6) is 0 Å². The summed E-state index contributed by atoms with van der Waals surface area (Å²) in [4.78, 5) is 15.1. The number of likely N-dealkylation sites (tertiary alicyclic amines) is 1. The van der Waals surface area contributed by atoms with Gasteiger partial charge in [0.2, 0.25) is 5.91 Å². The van der Waals surface area contributed by atoms with Crippen LogP contribution < -0.4 is 5.32 Å². The summed E-state index contributed by atoms with van der Waals surface area (Å²) in [5, 5.41) is 3.67. The molecule has 0 saturated carbocycles. The van der Waals surface area contributed by atoms with E-state index >= 15 is 0 Å². The molecule has 1 amide bonds. The number of hydrogen-bond donors (Lipinski definition) is 1. The third kappa shape index (κ3) is 3.74. The molecule has 2 aromatic carbocycles. The molecule has 1 unspecified atom stereocenters. The van der Waals surface area contributed by atoms with Crippen LogP contribution in [0.25, 0.3) is 0 Å². The molecule has 1 atom stereocenters. The average molecular weight is 329 g/mol. The normalized spacial score (nSPS) is 16.3. The van der Waals surface area contributed by atoms with Crippen molar-refractivity contribution in [3.8, 4) is 0 Å². The molecule has 0 radical (unpaired) electrons. The van der Waals surface area contributed by atoms with Gasteiger partial charge in [-0.1, -0.05) is 47.5 Å². The van der Waals surface area contributed by atoms with Gasteiger partial charge in [-0.25, -0.2) is 0 Å². The summed E-state index contributed by atoms with van der Waals surface area (Å²) >= 11 is 6.36. The lowest BCUT2D eigenvalue weighted by molar-refractivity contribution is -0.121. The summed E-state index contributed by atoms with van der Waals surface area (Å²) in [5.41, 5.74) is 2.86. The number of carbonyl (C=O) groups is 1. The molecule has 1 aliphatic heterocycles. The maximum Gasteiger partial charge on any atom is 0.246 e. The second-order valence-electron chi connectivity index (χ2n) is 6.02. The summed E-state index contributed by atoms with van der Waals surface area (Å²) in [6.45, 7) is 3.89. The van der Waals surface area contributed by atoms with Crippen LogP contribution >= 0.6 is 11.6 Å². The van der Waals surface area contributed by atoms with E-state index in [9.17, 15) is 4.79 Å². The fourth-order valence-corrected chi connectivity index (χ4v) is 3.29. The van der Waals surface area contributed by atoms with E-state index in [2.05, 4.69) is 10.2 Å². The number of nitrogens with zero attached hydrogens (tertiary/aromatic N) is 1. The van der Waals surface area contributed by atoms with Crippen molar-refractivity contribution in [3.05, 3.63) is 64.7 Å². The van der Waals surface area contributed by atoms with E-state index in [1.165, 1.54) is 5.56 Å². The zero-order valence-electron chi connectivity index (χ0n) is 13.3. The lowest BCUT2D eigenvalue weighted by Crippen LogP contribution is -2.35. The standard InChI is InChI=1S/C19H21ClN2O/c1-14-8-10-15(11-9-14)21-19(23)18(22-12-4-5-13-22)16-6-2-3-7-17(16)20/h2-3,6-11,18H,4-5,12-13H2,1H3,(H,21,23). The van der Waals surface area contributed by atoms with Gasteiger partial charge in [0.25, 0.3) is 0 Å². The summed E-state index contributed by atoms with van der Waals surface area (Å²) in [6, 6.07) is 15.1. The number of aryl methyl sites for hydroxylation is 1. The molecule has 0 aliphatic carbocycles. The molecule has 23 heavy (non-hydrogen) atoms. The van der Waals surface area contributed by atoms with Crippen molar-refractivity contribution < 1.29 is 4.79 Å². The van der Waals surface area contributed by atoms with Gasteiger partial charge in [0, 0.05) is 10.7 Å². The second-order valence-corrected chi connectivity index (χ2v) is 6.43. The molecule has 1 aliphatic rings. The zero-order chi connectivity index (χ0) is 16.2. The predicted molar refractivity (Wildman–Crippen MR) is 94.8 cm³/mol. The fourth-order valence-electron chi connectivity index (χ4n) is 3.05. The summed E-state index contributed by atoms with van der Waals surface area (Å²) in [7, 11) is 0. The number of benzene rings is 2. The van der Waals surface area contributed by atoms with Crippen molar-refractivity contribution >= 4 is 23.2 Å². The van der Waals surface area contributed by atoms with Gasteiger partial charge >= 0.3 is 0 Å². The number of rotatable bonds is 4. The molecule has 3 rings (SSSR count). The summed E-state index contributed by atoms with van der Waals surface area (Å²) in [5.74, 6) is -0.0242. The number of amides is 1.